The molecule has 1 saturated heterocycles. The van der Waals surface area contributed by atoms with Gasteiger partial charge in [-0.05, 0) is 50.1 Å². The van der Waals surface area contributed by atoms with Gasteiger partial charge in [0.2, 0.25) is 5.91 Å². The fourth-order valence-corrected chi connectivity index (χ4v) is 2.55. The van der Waals surface area contributed by atoms with Crippen molar-refractivity contribution in [1.82, 2.24) is 5.32 Å². The van der Waals surface area contributed by atoms with E-state index in [1.807, 2.05) is 6.92 Å². The molecule has 120 valence electrons. The lowest BCUT2D eigenvalue weighted by Gasteiger charge is -2.26. The molecular weight excluding hydrogens is 284 g/mol. The van der Waals surface area contributed by atoms with Crippen LogP contribution in [0.25, 0.3) is 0 Å². The van der Waals surface area contributed by atoms with E-state index in [9.17, 15) is 9.59 Å². The molecule has 0 radical (unpaired) electrons. The number of ether oxygens (including phenoxy) is 2. The summed E-state index contributed by atoms with van der Waals surface area (Å²) in [6.45, 7) is 2.76. The molecule has 6 nitrogen and oxygen atoms in total. The highest BCUT2D eigenvalue weighted by molar-refractivity contribution is 5.98. The van der Waals surface area contributed by atoms with Crippen LogP contribution < -0.4 is 15.4 Å². The first-order valence-corrected chi connectivity index (χ1v) is 7.46. The van der Waals surface area contributed by atoms with Gasteiger partial charge in [0.15, 0.2) is 6.61 Å². The zero-order valence-corrected chi connectivity index (χ0v) is 13.0. The van der Waals surface area contributed by atoms with E-state index in [2.05, 4.69) is 15.4 Å². The van der Waals surface area contributed by atoms with E-state index in [1.54, 1.807) is 24.3 Å². The topological polar surface area (TPSA) is 76.7 Å². The summed E-state index contributed by atoms with van der Waals surface area (Å²) < 4.78 is 9.76. The Balaban J connectivity index is 1.93. The minimum absolute atomic E-state index is 0.00395. The molecule has 0 saturated carbocycles. The number of amides is 1. The molecule has 2 N–H and O–H groups in total. The molecule has 1 amide bonds. The summed E-state index contributed by atoms with van der Waals surface area (Å²) in [6.07, 6.45) is 2.64. The Bertz CT molecular complexity index is 521. The maximum absolute atomic E-state index is 12.4. The van der Waals surface area contributed by atoms with Crippen molar-refractivity contribution in [2.75, 3.05) is 25.6 Å². The predicted molar refractivity (Wildman–Crippen MR) is 82.8 cm³/mol. The largest absolute Gasteiger partial charge is 0.482 e. The average Bonchev–Trinajstić information content (AvgIpc) is 3.04. The van der Waals surface area contributed by atoms with Crippen LogP contribution in [-0.4, -0.2) is 37.7 Å². The summed E-state index contributed by atoms with van der Waals surface area (Å²) in [5.41, 5.74) is 0.247. The highest BCUT2D eigenvalue weighted by Gasteiger charge is 2.38. The Kier molecular flexibility index (Phi) is 5.38. The monoisotopic (exact) mass is 306 g/mol. The lowest BCUT2D eigenvalue weighted by molar-refractivity contribution is -0.142. The van der Waals surface area contributed by atoms with Gasteiger partial charge in [0.1, 0.15) is 5.75 Å². The summed E-state index contributed by atoms with van der Waals surface area (Å²) in [7, 11) is 1.31. The van der Waals surface area contributed by atoms with Crippen molar-refractivity contribution in [2.45, 2.75) is 31.7 Å². The molecule has 1 atom stereocenters. The van der Waals surface area contributed by atoms with E-state index in [0.29, 0.717) is 11.4 Å². The maximum atomic E-state index is 12.4. The Morgan fingerprint density at radius 3 is 2.59 bits per heavy atom. The van der Waals surface area contributed by atoms with Gasteiger partial charge in [0.05, 0.1) is 12.6 Å². The SMILES string of the molecule is CCC1(C(=O)Nc2ccc(OCC(=O)OC)cc2)CCCN1. The van der Waals surface area contributed by atoms with E-state index in [-0.39, 0.29) is 12.5 Å². The smallest absolute Gasteiger partial charge is 0.343 e. The van der Waals surface area contributed by atoms with Crippen molar-refractivity contribution in [2.24, 2.45) is 0 Å². The van der Waals surface area contributed by atoms with E-state index >= 15 is 0 Å². The molecule has 1 heterocycles. The van der Waals surface area contributed by atoms with Crippen LogP contribution in [0, 0.1) is 0 Å². The van der Waals surface area contributed by atoms with Crippen molar-refractivity contribution < 1.29 is 19.1 Å². The quantitative estimate of drug-likeness (QED) is 0.782. The standard InChI is InChI=1S/C16H22N2O4/c1-3-16(9-4-10-17-16)15(20)18-12-5-7-13(8-6-12)22-11-14(19)21-2/h5-8,17H,3-4,9-11H2,1-2H3,(H,18,20). The van der Waals surface area contributed by atoms with Crippen molar-refractivity contribution in [1.29, 1.82) is 0 Å². The van der Waals surface area contributed by atoms with Gasteiger partial charge in [0, 0.05) is 5.69 Å². The highest BCUT2D eigenvalue weighted by atomic mass is 16.6. The number of anilines is 1. The molecule has 1 unspecified atom stereocenters. The third kappa shape index (κ3) is 3.76. The fourth-order valence-electron chi connectivity index (χ4n) is 2.55. The molecule has 22 heavy (non-hydrogen) atoms. The fraction of sp³-hybridized carbons (Fsp3) is 0.500. The van der Waals surface area contributed by atoms with Crippen molar-refractivity contribution in [3.05, 3.63) is 24.3 Å². The van der Waals surface area contributed by atoms with Gasteiger partial charge < -0.3 is 20.1 Å². The van der Waals surface area contributed by atoms with Crippen molar-refractivity contribution in [3.8, 4) is 5.75 Å². The number of benzene rings is 1. The van der Waals surface area contributed by atoms with Gasteiger partial charge in [-0.2, -0.15) is 0 Å². The first kappa shape index (κ1) is 16.3. The number of hydrogen-bond donors (Lipinski definition) is 2. The number of rotatable bonds is 6. The molecule has 0 bridgehead atoms. The van der Waals surface area contributed by atoms with Gasteiger partial charge in [-0.3, -0.25) is 4.79 Å². The molecule has 1 aliphatic heterocycles. The van der Waals surface area contributed by atoms with Crippen LogP contribution in [0.4, 0.5) is 5.69 Å². The molecule has 1 aromatic carbocycles. The van der Waals surface area contributed by atoms with Gasteiger partial charge >= 0.3 is 5.97 Å². The molecular formula is C16H22N2O4. The Morgan fingerprint density at radius 1 is 1.32 bits per heavy atom. The second-order valence-electron chi connectivity index (χ2n) is 5.31. The minimum Gasteiger partial charge on any atom is -0.482 e. The lowest BCUT2D eigenvalue weighted by atomic mass is 9.93. The van der Waals surface area contributed by atoms with Gasteiger partial charge in [0.25, 0.3) is 0 Å². The van der Waals surface area contributed by atoms with Crippen LogP contribution in [0.2, 0.25) is 0 Å². The van der Waals surface area contributed by atoms with Crippen molar-refractivity contribution >= 4 is 17.6 Å². The maximum Gasteiger partial charge on any atom is 0.343 e. The number of hydrogen-bond acceptors (Lipinski definition) is 5. The third-order valence-electron chi connectivity index (χ3n) is 3.98. The summed E-state index contributed by atoms with van der Waals surface area (Å²) in [5, 5.41) is 6.23. The first-order valence-electron chi connectivity index (χ1n) is 7.46. The molecule has 0 spiro atoms. The van der Waals surface area contributed by atoms with E-state index in [4.69, 9.17) is 4.74 Å². The highest BCUT2D eigenvalue weighted by Crippen LogP contribution is 2.25. The normalized spacial score (nSPS) is 20.5. The van der Waals surface area contributed by atoms with Crippen LogP contribution in [0.3, 0.4) is 0 Å². The zero-order chi connectivity index (χ0) is 16.0. The van der Waals surface area contributed by atoms with E-state index in [1.165, 1.54) is 7.11 Å². The summed E-state index contributed by atoms with van der Waals surface area (Å²) in [5.74, 6) is 0.109. The van der Waals surface area contributed by atoms with Crippen molar-refractivity contribution in [3.63, 3.8) is 0 Å². The first-order chi connectivity index (χ1) is 10.6. The molecule has 1 aromatic rings. The minimum atomic E-state index is -0.458. The second-order valence-corrected chi connectivity index (χ2v) is 5.31. The van der Waals surface area contributed by atoms with Crippen LogP contribution in [0.15, 0.2) is 24.3 Å². The van der Waals surface area contributed by atoms with E-state index < -0.39 is 11.5 Å². The number of nitrogens with one attached hydrogen (secondary N) is 2. The van der Waals surface area contributed by atoms with E-state index in [0.717, 1.165) is 25.8 Å². The molecule has 6 heteroatoms. The predicted octanol–water partition coefficient (Wildman–Crippen LogP) is 1.71. The van der Waals surface area contributed by atoms with Crippen LogP contribution >= 0.6 is 0 Å². The summed E-state index contributed by atoms with van der Waals surface area (Å²) in [6, 6.07) is 6.92. The Hall–Kier alpha value is -2.08. The van der Waals surface area contributed by atoms with Gasteiger partial charge in [-0.25, -0.2) is 4.79 Å². The molecule has 1 aliphatic rings. The number of methoxy groups -OCH3 is 1. The van der Waals surface area contributed by atoms with Crippen LogP contribution in [-0.2, 0) is 14.3 Å². The van der Waals surface area contributed by atoms with Crippen LogP contribution in [0.5, 0.6) is 5.75 Å². The number of carbonyl (C=O) groups excluding carboxylic acids is 2. The molecule has 2 rings (SSSR count). The molecule has 0 aromatic heterocycles. The number of carbonyl (C=O) groups is 2. The Labute approximate surface area is 130 Å². The second kappa shape index (κ2) is 7.26. The lowest BCUT2D eigenvalue weighted by Crippen LogP contribution is -2.50. The summed E-state index contributed by atoms with van der Waals surface area (Å²) in [4.78, 5) is 23.4. The zero-order valence-electron chi connectivity index (χ0n) is 13.0. The number of esters is 1. The summed E-state index contributed by atoms with van der Waals surface area (Å²) >= 11 is 0. The molecule has 0 aliphatic carbocycles. The average molecular weight is 306 g/mol. The van der Waals surface area contributed by atoms with Gasteiger partial charge in [-0.1, -0.05) is 6.92 Å². The van der Waals surface area contributed by atoms with Crippen LogP contribution in [0.1, 0.15) is 26.2 Å². The van der Waals surface area contributed by atoms with Gasteiger partial charge in [-0.15, -0.1) is 0 Å². The molecule has 1 fully saturated rings. The third-order valence-corrected chi connectivity index (χ3v) is 3.98. The Morgan fingerprint density at radius 2 is 2.05 bits per heavy atom.